The first-order valence-electron chi connectivity index (χ1n) is 11.7. The molecule has 0 spiro atoms. The summed E-state index contributed by atoms with van der Waals surface area (Å²) < 4.78 is 15.5. The van der Waals surface area contributed by atoms with Crippen LogP contribution in [-0.2, 0) is 19.1 Å². The first-order chi connectivity index (χ1) is 17.3. The molecular weight excluding hydrogens is 464 g/mol. The molecule has 2 aromatic carbocycles. The van der Waals surface area contributed by atoms with E-state index in [4.69, 9.17) is 14.2 Å². The average molecular weight is 491 g/mol. The van der Waals surface area contributed by atoms with Crippen molar-refractivity contribution in [3.63, 3.8) is 0 Å². The number of rotatable bonds is 7. The number of ether oxygens (including phenoxy) is 3. The van der Waals surface area contributed by atoms with E-state index in [9.17, 15) is 19.2 Å². The van der Waals surface area contributed by atoms with E-state index in [1.54, 1.807) is 30.3 Å². The number of nitrogens with one attached hydrogen (secondary N) is 1. The third-order valence-electron chi connectivity index (χ3n) is 7.26. The fourth-order valence-electron chi connectivity index (χ4n) is 5.58. The van der Waals surface area contributed by atoms with E-state index in [0.717, 1.165) is 6.42 Å². The molecule has 3 amide bonds. The summed E-state index contributed by atoms with van der Waals surface area (Å²) in [5, 5.41) is 2.63. The summed E-state index contributed by atoms with van der Waals surface area (Å²) in [5.74, 6) is -0.946. The molecule has 5 rings (SSSR count). The first kappa shape index (κ1) is 23.6. The van der Waals surface area contributed by atoms with Gasteiger partial charge in [0.15, 0.2) is 6.61 Å². The van der Waals surface area contributed by atoms with Gasteiger partial charge in [0.05, 0.1) is 43.0 Å². The Kier molecular flexibility index (Phi) is 5.99. The number of fused-ring (bicyclic) bond motifs is 5. The molecule has 0 unspecified atom stereocenters. The lowest BCUT2D eigenvalue weighted by molar-refractivity contribution is -0.123. The highest BCUT2D eigenvalue weighted by Gasteiger charge is 2.60. The Bertz CT molecular complexity index is 1280. The Morgan fingerprint density at radius 3 is 2.42 bits per heavy atom. The van der Waals surface area contributed by atoms with Gasteiger partial charge < -0.3 is 19.5 Å². The number of allylic oxidation sites excluding steroid dienone is 2. The Morgan fingerprint density at radius 2 is 1.72 bits per heavy atom. The lowest BCUT2D eigenvalue weighted by Crippen LogP contribution is -2.33. The monoisotopic (exact) mass is 490 g/mol. The normalized spacial score (nSPS) is 23.9. The molecule has 3 aliphatic rings. The SMILES string of the molecule is COc1ccc(NC(=O)COC(=O)c2ccc(N3C(=O)[C@@H]4[C@H](C3=O)[C@@H]3C[C@@H]4C=C3C)cc2)c(OC)c1. The number of anilines is 2. The molecule has 2 bridgehead atoms. The van der Waals surface area contributed by atoms with Gasteiger partial charge in [0.25, 0.3) is 5.91 Å². The molecule has 2 fully saturated rings. The lowest BCUT2D eigenvalue weighted by Gasteiger charge is -2.19. The van der Waals surface area contributed by atoms with Crippen LogP contribution < -0.4 is 19.7 Å². The van der Waals surface area contributed by atoms with Crippen LogP contribution in [0.2, 0.25) is 0 Å². The standard InChI is InChI=1S/C27H26N2O7/c1-14-10-16-11-19(14)24-23(16)25(31)29(26(24)32)17-6-4-15(5-7-17)27(33)36-13-22(30)28-20-9-8-18(34-2)12-21(20)35-3/h4-10,12,16,19,23-24H,11,13H2,1-3H3,(H,28,30)/t16-,19+,23-,24+/m0/s1. The topological polar surface area (TPSA) is 111 Å². The Hall–Kier alpha value is -4.14. The molecule has 1 saturated heterocycles. The maximum Gasteiger partial charge on any atom is 0.338 e. The maximum atomic E-state index is 13.1. The van der Waals surface area contributed by atoms with E-state index in [2.05, 4.69) is 11.4 Å². The summed E-state index contributed by atoms with van der Waals surface area (Å²) in [4.78, 5) is 52.1. The van der Waals surface area contributed by atoms with Crippen LogP contribution in [-0.4, -0.2) is 44.5 Å². The molecule has 0 aromatic heterocycles. The van der Waals surface area contributed by atoms with Gasteiger partial charge in [-0.3, -0.25) is 19.3 Å². The Balaban J connectivity index is 1.20. The Labute approximate surface area is 208 Å². The van der Waals surface area contributed by atoms with E-state index in [1.165, 1.54) is 36.8 Å². The third-order valence-corrected chi connectivity index (χ3v) is 7.26. The number of benzene rings is 2. The third kappa shape index (κ3) is 3.90. The number of carbonyl (C=O) groups is 4. The molecule has 1 heterocycles. The van der Waals surface area contributed by atoms with Gasteiger partial charge >= 0.3 is 5.97 Å². The van der Waals surface area contributed by atoms with Gasteiger partial charge in [-0.25, -0.2) is 4.79 Å². The molecule has 1 aliphatic heterocycles. The van der Waals surface area contributed by atoms with Crippen molar-refractivity contribution in [3.8, 4) is 11.5 Å². The van der Waals surface area contributed by atoms with E-state index >= 15 is 0 Å². The molecule has 4 atom stereocenters. The van der Waals surface area contributed by atoms with Crippen LogP contribution >= 0.6 is 0 Å². The van der Waals surface area contributed by atoms with Crippen molar-refractivity contribution in [3.05, 3.63) is 59.7 Å². The largest absolute Gasteiger partial charge is 0.497 e. The van der Waals surface area contributed by atoms with E-state index in [0.29, 0.717) is 22.9 Å². The summed E-state index contributed by atoms with van der Waals surface area (Å²) in [7, 11) is 2.98. The highest BCUT2D eigenvalue weighted by molar-refractivity contribution is 6.23. The molecule has 9 heteroatoms. The number of nitrogens with zero attached hydrogens (tertiary/aromatic N) is 1. The molecule has 1 saturated carbocycles. The molecule has 2 aliphatic carbocycles. The molecule has 0 radical (unpaired) electrons. The number of amides is 3. The highest BCUT2D eigenvalue weighted by Crippen LogP contribution is 2.55. The average Bonchev–Trinajstić information content (AvgIpc) is 3.52. The lowest BCUT2D eigenvalue weighted by atomic mass is 9.82. The van der Waals surface area contributed by atoms with Crippen LogP contribution in [0.1, 0.15) is 23.7 Å². The first-order valence-corrected chi connectivity index (χ1v) is 11.7. The summed E-state index contributed by atoms with van der Waals surface area (Å²) in [5.41, 5.74) is 2.23. The summed E-state index contributed by atoms with van der Waals surface area (Å²) in [6, 6.07) is 11.0. The van der Waals surface area contributed by atoms with Gasteiger partial charge in [-0.15, -0.1) is 0 Å². The van der Waals surface area contributed by atoms with Crippen molar-refractivity contribution >= 4 is 35.1 Å². The smallest absolute Gasteiger partial charge is 0.338 e. The molecule has 9 nitrogen and oxygen atoms in total. The number of hydrogen-bond donors (Lipinski definition) is 1. The fraction of sp³-hybridized carbons (Fsp3) is 0.333. The van der Waals surface area contributed by atoms with Crippen LogP contribution in [0.25, 0.3) is 0 Å². The van der Waals surface area contributed by atoms with Gasteiger partial charge in [-0.1, -0.05) is 11.6 Å². The quantitative estimate of drug-likeness (QED) is 0.360. The predicted molar refractivity (Wildman–Crippen MR) is 130 cm³/mol. The number of imide groups is 1. The Morgan fingerprint density at radius 1 is 1.00 bits per heavy atom. The zero-order chi connectivity index (χ0) is 25.6. The second kappa shape index (κ2) is 9.14. The number of hydrogen-bond acceptors (Lipinski definition) is 7. The summed E-state index contributed by atoms with van der Waals surface area (Å²) in [6.07, 6.45) is 3.00. The van der Waals surface area contributed by atoms with Crippen LogP contribution in [0.4, 0.5) is 11.4 Å². The van der Waals surface area contributed by atoms with Gasteiger partial charge in [0, 0.05) is 6.07 Å². The van der Waals surface area contributed by atoms with Gasteiger partial charge in [-0.2, -0.15) is 0 Å². The van der Waals surface area contributed by atoms with Gasteiger partial charge in [0.1, 0.15) is 11.5 Å². The van der Waals surface area contributed by atoms with Crippen molar-refractivity contribution in [2.45, 2.75) is 13.3 Å². The fourth-order valence-corrected chi connectivity index (χ4v) is 5.58. The van der Waals surface area contributed by atoms with Crippen LogP contribution in [0.15, 0.2) is 54.1 Å². The molecule has 2 aromatic rings. The van der Waals surface area contributed by atoms with Gasteiger partial charge in [-0.05, 0) is 61.6 Å². The van der Waals surface area contributed by atoms with Crippen molar-refractivity contribution in [2.24, 2.45) is 23.7 Å². The maximum absolute atomic E-state index is 13.1. The van der Waals surface area contributed by atoms with Crippen molar-refractivity contribution in [2.75, 3.05) is 31.0 Å². The van der Waals surface area contributed by atoms with E-state index in [1.807, 2.05) is 6.92 Å². The van der Waals surface area contributed by atoms with Crippen molar-refractivity contribution in [1.82, 2.24) is 0 Å². The zero-order valence-electron chi connectivity index (χ0n) is 20.1. The number of methoxy groups -OCH3 is 2. The van der Waals surface area contributed by atoms with E-state index < -0.39 is 18.5 Å². The minimum atomic E-state index is -0.702. The molecule has 1 N–H and O–H groups in total. The molecule has 36 heavy (non-hydrogen) atoms. The van der Waals surface area contributed by atoms with Crippen molar-refractivity contribution < 1.29 is 33.4 Å². The zero-order valence-corrected chi connectivity index (χ0v) is 20.1. The van der Waals surface area contributed by atoms with Crippen LogP contribution in [0, 0.1) is 23.7 Å². The predicted octanol–water partition coefficient (Wildman–Crippen LogP) is 3.20. The highest BCUT2D eigenvalue weighted by atomic mass is 16.5. The van der Waals surface area contributed by atoms with Gasteiger partial charge in [0.2, 0.25) is 11.8 Å². The van der Waals surface area contributed by atoms with E-state index in [-0.39, 0.29) is 41.0 Å². The molecular formula is C27H26N2O7. The minimum absolute atomic E-state index is 0.125. The number of carbonyl (C=O) groups excluding carboxylic acids is 4. The van der Waals surface area contributed by atoms with Crippen LogP contribution in [0.5, 0.6) is 11.5 Å². The van der Waals surface area contributed by atoms with Crippen molar-refractivity contribution in [1.29, 1.82) is 0 Å². The minimum Gasteiger partial charge on any atom is -0.497 e. The number of esters is 1. The van der Waals surface area contributed by atoms with Crippen LogP contribution in [0.3, 0.4) is 0 Å². The second-order valence-electron chi connectivity index (χ2n) is 9.22. The molecule has 186 valence electrons. The summed E-state index contributed by atoms with van der Waals surface area (Å²) >= 11 is 0. The summed E-state index contributed by atoms with van der Waals surface area (Å²) in [6.45, 7) is 1.52. The second-order valence-corrected chi connectivity index (χ2v) is 9.22.